The maximum absolute atomic E-state index is 13.8. The van der Waals surface area contributed by atoms with E-state index in [4.69, 9.17) is 9.47 Å². The van der Waals surface area contributed by atoms with E-state index in [1.807, 2.05) is 72.8 Å². The van der Waals surface area contributed by atoms with Gasteiger partial charge in [0.2, 0.25) is 0 Å². The van der Waals surface area contributed by atoms with Crippen LogP contribution in [0, 0.1) is 0 Å². The first-order chi connectivity index (χ1) is 18.7. The number of fused-ring (bicyclic) bond motifs is 3. The molecule has 1 atom stereocenters. The molecule has 0 radical (unpaired) electrons. The van der Waals surface area contributed by atoms with E-state index in [0.717, 1.165) is 5.39 Å². The molecule has 0 saturated heterocycles. The molecule has 8 heteroatoms. The molecule has 5 aromatic rings. The topological polar surface area (TPSA) is 99.5 Å². The average molecular weight is 524 g/mol. The van der Waals surface area contributed by atoms with Gasteiger partial charge >= 0.3 is 12.1 Å². The van der Waals surface area contributed by atoms with Gasteiger partial charge < -0.3 is 14.8 Å². The van der Waals surface area contributed by atoms with Gasteiger partial charge in [0, 0.05) is 28.8 Å². The van der Waals surface area contributed by atoms with E-state index in [9.17, 15) is 14.4 Å². The molecule has 0 aliphatic carbocycles. The van der Waals surface area contributed by atoms with Crippen LogP contribution in [0.15, 0.2) is 79.0 Å². The summed E-state index contributed by atoms with van der Waals surface area (Å²) in [6.45, 7) is 5.40. The quantitative estimate of drug-likeness (QED) is 0.236. The van der Waals surface area contributed by atoms with Crippen molar-refractivity contribution in [1.82, 2.24) is 14.9 Å². The van der Waals surface area contributed by atoms with Crippen molar-refractivity contribution in [3.05, 3.63) is 90.1 Å². The Kier molecular flexibility index (Phi) is 6.78. The Hall–Kier alpha value is -4.72. The van der Waals surface area contributed by atoms with Crippen molar-refractivity contribution in [2.45, 2.75) is 38.8 Å². The van der Waals surface area contributed by atoms with Crippen LogP contribution in [0.4, 0.5) is 4.79 Å². The Morgan fingerprint density at radius 3 is 2.03 bits per heavy atom. The molecule has 0 saturated carbocycles. The highest BCUT2D eigenvalue weighted by atomic mass is 16.6. The van der Waals surface area contributed by atoms with Gasteiger partial charge in [-0.1, -0.05) is 54.6 Å². The normalized spacial score (nSPS) is 12.4. The highest BCUT2D eigenvalue weighted by molar-refractivity contribution is 6.16. The lowest BCUT2D eigenvalue weighted by atomic mass is 10.0. The van der Waals surface area contributed by atoms with Crippen LogP contribution in [0.3, 0.4) is 0 Å². The number of carbonyl (C=O) groups excluding carboxylic acids is 3. The molecule has 2 heterocycles. The molecule has 0 fully saturated rings. The Morgan fingerprint density at radius 2 is 1.44 bits per heavy atom. The predicted molar refractivity (Wildman–Crippen MR) is 150 cm³/mol. The van der Waals surface area contributed by atoms with Crippen LogP contribution in [-0.2, 0) is 20.7 Å². The van der Waals surface area contributed by atoms with Crippen molar-refractivity contribution in [3.63, 3.8) is 0 Å². The highest BCUT2D eigenvalue weighted by Crippen LogP contribution is 2.27. The van der Waals surface area contributed by atoms with Crippen LogP contribution in [0.2, 0.25) is 0 Å². The number of amides is 1. The number of methoxy groups -OCH3 is 1. The fraction of sp³-hybridized carbons (Fsp3) is 0.226. The van der Waals surface area contributed by atoms with E-state index in [0.29, 0.717) is 38.4 Å². The number of para-hydroxylation sites is 3. The fourth-order valence-electron chi connectivity index (χ4n) is 4.75. The number of hydrogen-bond acceptors (Lipinski definition) is 6. The smallest absolute Gasteiger partial charge is 0.419 e. The third-order valence-corrected chi connectivity index (χ3v) is 6.41. The predicted octanol–water partition coefficient (Wildman–Crippen LogP) is 5.64. The van der Waals surface area contributed by atoms with Crippen LogP contribution in [0.1, 0.15) is 36.7 Å². The average Bonchev–Trinajstić information content (AvgIpc) is 3.28. The van der Waals surface area contributed by atoms with Gasteiger partial charge in [-0.15, -0.1) is 0 Å². The fourth-order valence-corrected chi connectivity index (χ4v) is 4.75. The van der Waals surface area contributed by atoms with Crippen LogP contribution < -0.4 is 5.32 Å². The Bertz CT molecular complexity index is 1680. The number of rotatable bonds is 5. The summed E-state index contributed by atoms with van der Waals surface area (Å²) in [5, 5.41) is 5.02. The molecule has 0 unspecified atom stereocenters. The van der Waals surface area contributed by atoms with Gasteiger partial charge in [0.25, 0.3) is 5.91 Å². The molecule has 5 rings (SSSR count). The van der Waals surface area contributed by atoms with Gasteiger partial charge in [-0.2, -0.15) is 0 Å². The summed E-state index contributed by atoms with van der Waals surface area (Å²) < 4.78 is 12.1. The van der Waals surface area contributed by atoms with E-state index < -0.39 is 29.6 Å². The van der Waals surface area contributed by atoms with Crippen molar-refractivity contribution >= 4 is 50.7 Å². The maximum atomic E-state index is 13.8. The molecule has 198 valence electrons. The maximum Gasteiger partial charge on any atom is 0.419 e. The van der Waals surface area contributed by atoms with Crippen LogP contribution >= 0.6 is 0 Å². The second-order valence-electron chi connectivity index (χ2n) is 10.3. The van der Waals surface area contributed by atoms with Gasteiger partial charge in [0.1, 0.15) is 11.6 Å². The van der Waals surface area contributed by atoms with E-state index in [1.54, 1.807) is 27.0 Å². The molecule has 1 amide bonds. The number of ether oxygens (including phenoxy) is 2. The third kappa shape index (κ3) is 5.18. The van der Waals surface area contributed by atoms with Crippen molar-refractivity contribution in [2.75, 3.05) is 7.11 Å². The van der Waals surface area contributed by atoms with E-state index in [-0.39, 0.29) is 6.42 Å². The van der Waals surface area contributed by atoms with Crippen molar-refractivity contribution in [3.8, 4) is 0 Å². The van der Waals surface area contributed by atoms with Gasteiger partial charge in [0.15, 0.2) is 0 Å². The number of benzene rings is 3. The summed E-state index contributed by atoms with van der Waals surface area (Å²) >= 11 is 0. The van der Waals surface area contributed by atoms with Crippen molar-refractivity contribution in [1.29, 1.82) is 0 Å². The minimum Gasteiger partial charge on any atom is -0.467 e. The molecule has 3 aromatic carbocycles. The van der Waals surface area contributed by atoms with Gasteiger partial charge in [-0.25, -0.2) is 14.6 Å². The van der Waals surface area contributed by atoms with E-state index in [2.05, 4.69) is 10.3 Å². The minimum absolute atomic E-state index is 0.107. The second-order valence-corrected chi connectivity index (χ2v) is 10.3. The number of pyridine rings is 1. The molecular formula is C31H29N3O5. The Labute approximate surface area is 225 Å². The first-order valence-electron chi connectivity index (χ1n) is 12.6. The number of esters is 1. The molecule has 1 N–H and O–H groups in total. The number of nitrogens with one attached hydrogen (secondary N) is 1. The monoisotopic (exact) mass is 523 g/mol. The van der Waals surface area contributed by atoms with Crippen molar-refractivity contribution in [2.24, 2.45) is 0 Å². The zero-order valence-electron chi connectivity index (χ0n) is 22.2. The van der Waals surface area contributed by atoms with E-state index in [1.165, 1.54) is 11.7 Å². The minimum atomic E-state index is -1.01. The summed E-state index contributed by atoms with van der Waals surface area (Å²) in [6, 6.07) is 21.1. The molecule has 0 aliphatic rings. The van der Waals surface area contributed by atoms with Crippen LogP contribution in [-0.4, -0.2) is 46.3 Å². The Balaban J connectivity index is 1.53. The molecular weight excluding hydrogens is 494 g/mol. The Morgan fingerprint density at radius 1 is 0.872 bits per heavy atom. The molecule has 0 aliphatic heterocycles. The lowest BCUT2D eigenvalue weighted by Crippen LogP contribution is -2.43. The number of hydrogen-bond donors (Lipinski definition) is 1. The SMILES string of the molecule is COC(=O)[C@@H](Cc1cn(C(=O)OC(C)(C)C)c2ccccc12)NC(=O)c1c2ccccc2nc2ccccc12. The van der Waals surface area contributed by atoms with Gasteiger partial charge in [-0.05, 0) is 44.5 Å². The largest absolute Gasteiger partial charge is 0.467 e. The zero-order valence-corrected chi connectivity index (χ0v) is 22.2. The second kappa shape index (κ2) is 10.2. The van der Waals surface area contributed by atoms with E-state index >= 15 is 0 Å². The third-order valence-electron chi connectivity index (χ3n) is 6.41. The summed E-state index contributed by atoms with van der Waals surface area (Å²) in [4.78, 5) is 44.4. The van der Waals surface area contributed by atoms with Gasteiger partial charge in [0.05, 0.1) is 29.2 Å². The van der Waals surface area contributed by atoms with Crippen molar-refractivity contribution < 1.29 is 23.9 Å². The summed E-state index contributed by atoms with van der Waals surface area (Å²) in [7, 11) is 1.28. The first-order valence-corrected chi connectivity index (χ1v) is 12.6. The summed E-state index contributed by atoms with van der Waals surface area (Å²) in [5.41, 5.74) is 2.44. The number of carbonyl (C=O) groups is 3. The lowest BCUT2D eigenvalue weighted by molar-refractivity contribution is -0.142. The number of nitrogens with zero attached hydrogens (tertiary/aromatic N) is 2. The highest BCUT2D eigenvalue weighted by Gasteiger charge is 2.28. The lowest BCUT2D eigenvalue weighted by Gasteiger charge is -2.19. The molecule has 39 heavy (non-hydrogen) atoms. The number of aromatic nitrogens is 2. The molecule has 8 nitrogen and oxygen atoms in total. The summed E-state index contributed by atoms with van der Waals surface area (Å²) in [5.74, 6) is -1.02. The van der Waals surface area contributed by atoms with Crippen LogP contribution in [0.25, 0.3) is 32.7 Å². The van der Waals surface area contributed by atoms with Crippen LogP contribution in [0.5, 0.6) is 0 Å². The molecule has 2 aromatic heterocycles. The molecule has 0 bridgehead atoms. The molecule has 0 spiro atoms. The summed E-state index contributed by atoms with van der Waals surface area (Å²) in [6.07, 6.45) is 1.23. The van der Waals surface area contributed by atoms with Gasteiger partial charge in [-0.3, -0.25) is 9.36 Å². The first kappa shape index (κ1) is 25.9. The zero-order chi connectivity index (χ0) is 27.7. The standard InChI is InChI=1S/C31H29N3O5/c1-31(2,3)39-30(37)34-18-19(20-11-7-10-16-26(20)34)17-25(29(36)38-4)33-28(35)27-21-12-5-8-14-23(21)32-24-15-9-6-13-22(24)27/h5-16,18,25H,17H2,1-4H3,(H,33,35)/t25-/m1/s1.